The van der Waals surface area contributed by atoms with Gasteiger partial charge in [-0.05, 0) is 18.4 Å². The van der Waals surface area contributed by atoms with Crippen molar-refractivity contribution in [2.24, 2.45) is 0 Å². The Balaban J connectivity index is 2.83. The molecule has 3 N–H and O–H groups in total. The molecule has 0 atom stereocenters. The summed E-state index contributed by atoms with van der Waals surface area (Å²) in [6.07, 6.45) is 1.85. The Bertz CT molecular complexity index is 361. The maximum atomic E-state index is 11.3. The minimum atomic E-state index is -0.0978. The first-order valence-corrected chi connectivity index (χ1v) is 6.23. The van der Waals surface area contributed by atoms with Gasteiger partial charge in [-0.25, -0.2) is 0 Å². The molecule has 15 heavy (non-hydrogen) atoms. The highest BCUT2D eigenvalue weighted by Gasteiger charge is 2.07. The Kier molecular flexibility index (Phi) is 4.57. The number of carbonyl (C=O) groups excluding carboxylic acids is 1. The average molecular weight is 265 g/mol. The largest absolute Gasteiger partial charge is 0.396 e. The summed E-state index contributed by atoms with van der Waals surface area (Å²) in [5.41, 5.74) is 6.43. The number of nitrogen functional groups attached to an aromatic ring is 1. The van der Waals surface area contributed by atoms with Gasteiger partial charge in [0.2, 0.25) is 5.91 Å². The first kappa shape index (κ1) is 12.5. The highest BCUT2D eigenvalue weighted by Crippen LogP contribution is 2.31. The zero-order valence-electron chi connectivity index (χ0n) is 8.01. The van der Waals surface area contributed by atoms with Gasteiger partial charge in [0.1, 0.15) is 0 Å². The van der Waals surface area contributed by atoms with Crippen molar-refractivity contribution < 1.29 is 4.79 Å². The molecule has 0 spiro atoms. The fourth-order valence-electron chi connectivity index (χ4n) is 0.985. The van der Waals surface area contributed by atoms with Gasteiger partial charge in [-0.1, -0.05) is 23.2 Å². The fraction of sp³-hybridized carbons (Fsp3) is 0.222. The molecule has 0 aliphatic heterocycles. The lowest BCUT2D eigenvalue weighted by Crippen LogP contribution is -2.13. The number of nitrogens with one attached hydrogen (secondary N) is 1. The minimum absolute atomic E-state index is 0.0978. The lowest BCUT2D eigenvalue weighted by Gasteiger charge is -2.07. The Labute approximate surface area is 102 Å². The van der Waals surface area contributed by atoms with Crippen molar-refractivity contribution in [1.29, 1.82) is 0 Å². The zero-order valence-corrected chi connectivity index (χ0v) is 10.3. The highest BCUT2D eigenvalue weighted by atomic mass is 35.5. The molecule has 1 aromatic rings. The molecule has 1 rings (SSSR count). The van der Waals surface area contributed by atoms with E-state index in [1.165, 1.54) is 11.8 Å². The van der Waals surface area contributed by atoms with E-state index in [0.29, 0.717) is 27.2 Å². The predicted molar refractivity (Wildman–Crippen MR) is 67.9 cm³/mol. The molecule has 0 fully saturated rings. The van der Waals surface area contributed by atoms with Gasteiger partial charge < -0.3 is 11.1 Å². The average Bonchev–Trinajstić information content (AvgIpc) is 2.14. The van der Waals surface area contributed by atoms with Gasteiger partial charge in [0.05, 0.1) is 21.5 Å². The smallest absolute Gasteiger partial charge is 0.234 e. The number of rotatable bonds is 3. The number of hydrogen-bond donors (Lipinski definition) is 2. The summed E-state index contributed by atoms with van der Waals surface area (Å²) in [5, 5.41) is 3.34. The van der Waals surface area contributed by atoms with Gasteiger partial charge in [0.15, 0.2) is 0 Å². The number of hydrogen-bond acceptors (Lipinski definition) is 3. The van der Waals surface area contributed by atoms with Gasteiger partial charge in [0, 0.05) is 5.69 Å². The molecule has 0 saturated heterocycles. The van der Waals surface area contributed by atoms with Crippen LogP contribution in [0.2, 0.25) is 10.0 Å². The molecular weight excluding hydrogens is 255 g/mol. The van der Waals surface area contributed by atoms with Crippen LogP contribution in [0, 0.1) is 0 Å². The van der Waals surface area contributed by atoms with Crippen molar-refractivity contribution in [2.45, 2.75) is 0 Å². The van der Waals surface area contributed by atoms with Gasteiger partial charge in [-0.2, -0.15) is 11.8 Å². The number of carbonyl (C=O) groups is 1. The normalized spacial score (nSPS) is 10.1. The maximum absolute atomic E-state index is 11.3. The van der Waals surface area contributed by atoms with Crippen LogP contribution in [0.25, 0.3) is 0 Å². The van der Waals surface area contributed by atoms with Crippen LogP contribution in [0.1, 0.15) is 0 Å². The van der Waals surface area contributed by atoms with E-state index in [-0.39, 0.29) is 5.91 Å². The quantitative estimate of drug-likeness (QED) is 0.826. The minimum Gasteiger partial charge on any atom is -0.396 e. The maximum Gasteiger partial charge on any atom is 0.234 e. The molecule has 0 aliphatic carbocycles. The molecule has 3 nitrogen and oxygen atoms in total. The molecule has 0 aliphatic rings. The van der Waals surface area contributed by atoms with Crippen LogP contribution in [0.15, 0.2) is 12.1 Å². The number of benzene rings is 1. The van der Waals surface area contributed by atoms with Crippen molar-refractivity contribution in [3.63, 3.8) is 0 Å². The van der Waals surface area contributed by atoms with Crippen molar-refractivity contribution in [2.75, 3.05) is 23.1 Å². The summed E-state index contributed by atoms with van der Waals surface area (Å²) in [6, 6.07) is 3.14. The van der Waals surface area contributed by atoms with E-state index < -0.39 is 0 Å². The van der Waals surface area contributed by atoms with Crippen LogP contribution >= 0.6 is 35.0 Å². The number of nitrogens with two attached hydrogens (primary N) is 1. The second-order valence-electron chi connectivity index (χ2n) is 2.83. The summed E-state index contributed by atoms with van der Waals surface area (Å²) < 4.78 is 0. The highest BCUT2D eigenvalue weighted by molar-refractivity contribution is 7.99. The number of halogens is 2. The van der Waals surface area contributed by atoms with Crippen LogP contribution in [0.5, 0.6) is 0 Å². The van der Waals surface area contributed by atoms with Crippen LogP contribution in [0.3, 0.4) is 0 Å². The molecule has 0 radical (unpaired) electrons. The Hall–Kier alpha value is -0.580. The summed E-state index contributed by atoms with van der Waals surface area (Å²) in [7, 11) is 0. The number of thioether (sulfide) groups is 1. The lowest BCUT2D eigenvalue weighted by atomic mass is 10.3. The predicted octanol–water partition coefficient (Wildman–Crippen LogP) is 2.88. The SMILES string of the molecule is CSCC(=O)Nc1cc(Cl)c(N)c(Cl)c1. The first-order valence-electron chi connectivity index (χ1n) is 4.08. The fourth-order valence-corrected chi connectivity index (χ4v) is 1.81. The molecule has 0 aromatic heterocycles. The van der Waals surface area contributed by atoms with E-state index in [4.69, 9.17) is 28.9 Å². The zero-order chi connectivity index (χ0) is 11.4. The molecule has 1 amide bonds. The molecule has 0 saturated carbocycles. The third-order valence-corrected chi connectivity index (χ3v) is 2.81. The summed E-state index contributed by atoms with van der Waals surface area (Å²) >= 11 is 13.1. The summed E-state index contributed by atoms with van der Waals surface area (Å²) in [4.78, 5) is 11.3. The second-order valence-corrected chi connectivity index (χ2v) is 4.52. The molecule has 0 bridgehead atoms. The molecule has 0 unspecified atom stereocenters. The molecular formula is C9H10Cl2N2OS. The monoisotopic (exact) mass is 264 g/mol. The topological polar surface area (TPSA) is 55.1 Å². The van der Waals surface area contributed by atoms with E-state index in [2.05, 4.69) is 5.32 Å². The van der Waals surface area contributed by atoms with Crippen molar-refractivity contribution >= 4 is 52.2 Å². The van der Waals surface area contributed by atoms with Crippen molar-refractivity contribution in [3.05, 3.63) is 22.2 Å². The Morgan fingerprint density at radius 2 is 2.00 bits per heavy atom. The van der Waals surface area contributed by atoms with E-state index in [1.807, 2.05) is 6.26 Å². The van der Waals surface area contributed by atoms with Gasteiger partial charge in [-0.15, -0.1) is 0 Å². The molecule has 0 heterocycles. The second kappa shape index (κ2) is 5.49. The number of anilines is 2. The summed E-state index contributed by atoms with van der Waals surface area (Å²) in [6.45, 7) is 0. The molecule has 82 valence electrons. The van der Waals surface area contributed by atoms with E-state index in [9.17, 15) is 4.79 Å². The standard InChI is InChI=1S/C9H10Cl2N2OS/c1-15-4-8(14)13-5-2-6(10)9(12)7(11)3-5/h2-3H,4,12H2,1H3,(H,13,14). The Morgan fingerprint density at radius 1 is 1.47 bits per heavy atom. The van der Waals surface area contributed by atoms with E-state index in [0.717, 1.165) is 0 Å². The van der Waals surface area contributed by atoms with Crippen LogP contribution in [-0.2, 0) is 4.79 Å². The van der Waals surface area contributed by atoms with Gasteiger partial charge in [0.25, 0.3) is 0 Å². The van der Waals surface area contributed by atoms with Crippen molar-refractivity contribution in [1.82, 2.24) is 0 Å². The van der Waals surface area contributed by atoms with Crippen LogP contribution < -0.4 is 11.1 Å². The molecule has 6 heteroatoms. The van der Waals surface area contributed by atoms with Crippen molar-refractivity contribution in [3.8, 4) is 0 Å². The number of amides is 1. The van der Waals surface area contributed by atoms with Gasteiger partial charge in [-0.3, -0.25) is 4.79 Å². The first-order chi connectivity index (χ1) is 7.04. The third-order valence-electron chi connectivity index (χ3n) is 1.64. The Morgan fingerprint density at radius 3 is 2.47 bits per heavy atom. The third kappa shape index (κ3) is 3.48. The van der Waals surface area contributed by atoms with Crippen LogP contribution in [-0.4, -0.2) is 17.9 Å². The molecule has 1 aromatic carbocycles. The van der Waals surface area contributed by atoms with E-state index >= 15 is 0 Å². The van der Waals surface area contributed by atoms with Gasteiger partial charge >= 0.3 is 0 Å². The summed E-state index contributed by atoms with van der Waals surface area (Å²) in [5.74, 6) is 0.291. The van der Waals surface area contributed by atoms with E-state index in [1.54, 1.807) is 12.1 Å². The lowest BCUT2D eigenvalue weighted by molar-refractivity contribution is -0.113. The van der Waals surface area contributed by atoms with Crippen LogP contribution in [0.4, 0.5) is 11.4 Å².